The Hall–Kier alpha value is -1.31. The van der Waals surface area contributed by atoms with Crippen LogP contribution in [-0.2, 0) is 6.42 Å². The fraction of sp³-hybridized carbons (Fsp3) is 0.417. The highest BCUT2D eigenvalue weighted by molar-refractivity contribution is 6.02. The molecule has 1 aliphatic rings. The maximum atomic E-state index is 8.03. The van der Waals surface area contributed by atoms with Crippen LogP contribution in [0.2, 0.25) is 0 Å². The number of benzene rings is 1. The Balaban J connectivity index is 2.44. The summed E-state index contributed by atoms with van der Waals surface area (Å²) in [5, 5.41) is 11.4. The largest absolute Gasteiger partial charge is 0.384 e. The number of hydrogen-bond donors (Lipinski definition) is 2. The minimum atomic E-state index is 0.307. The smallest absolute Gasteiger partial charge is 0.0415 e. The van der Waals surface area contributed by atoms with Gasteiger partial charge in [0.15, 0.2) is 0 Å². The van der Waals surface area contributed by atoms with E-state index in [2.05, 4.69) is 31.3 Å². The van der Waals surface area contributed by atoms with E-state index in [1.807, 2.05) is 6.07 Å². The van der Waals surface area contributed by atoms with Gasteiger partial charge in [-0.15, -0.1) is 0 Å². The van der Waals surface area contributed by atoms with Gasteiger partial charge in [-0.05, 0) is 24.0 Å². The average molecular weight is 188 g/mol. The number of anilines is 1. The highest BCUT2D eigenvalue weighted by atomic mass is 14.9. The maximum absolute atomic E-state index is 8.03. The van der Waals surface area contributed by atoms with Crippen LogP contribution in [0.5, 0.6) is 0 Å². The van der Waals surface area contributed by atoms with Gasteiger partial charge in [0.2, 0.25) is 0 Å². The molecule has 0 atom stereocenters. The molecule has 0 bridgehead atoms. The van der Waals surface area contributed by atoms with Gasteiger partial charge in [-0.1, -0.05) is 26.0 Å². The summed E-state index contributed by atoms with van der Waals surface area (Å²) >= 11 is 0. The Morgan fingerprint density at radius 2 is 2.21 bits per heavy atom. The summed E-state index contributed by atoms with van der Waals surface area (Å²) in [6.45, 7) is 5.16. The van der Waals surface area contributed by atoms with Crippen molar-refractivity contribution in [2.75, 3.05) is 11.9 Å². The van der Waals surface area contributed by atoms with E-state index < -0.39 is 0 Å². The summed E-state index contributed by atoms with van der Waals surface area (Å²) in [7, 11) is 0. The lowest BCUT2D eigenvalue weighted by Crippen LogP contribution is -2.09. The van der Waals surface area contributed by atoms with Crippen molar-refractivity contribution in [1.82, 2.24) is 0 Å². The predicted octanol–water partition coefficient (Wildman–Crippen LogP) is 2.68. The van der Waals surface area contributed by atoms with Crippen LogP contribution in [0.25, 0.3) is 0 Å². The molecule has 1 heterocycles. The van der Waals surface area contributed by atoms with Gasteiger partial charge in [-0.3, -0.25) is 0 Å². The number of nitrogens with one attached hydrogen (secondary N) is 2. The van der Waals surface area contributed by atoms with E-state index in [-0.39, 0.29) is 0 Å². The van der Waals surface area contributed by atoms with E-state index in [1.54, 1.807) is 0 Å². The lowest BCUT2D eigenvalue weighted by atomic mass is 9.94. The number of hydrogen-bond acceptors (Lipinski definition) is 2. The molecule has 1 aliphatic heterocycles. The highest BCUT2D eigenvalue weighted by Gasteiger charge is 2.17. The normalized spacial score (nSPS) is 13.9. The molecule has 1 aromatic carbocycles. The zero-order chi connectivity index (χ0) is 10.1. The van der Waals surface area contributed by atoms with Crippen LogP contribution in [-0.4, -0.2) is 12.3 Å². The Bertz CT molecular complexity index is 367. The third-order valence-electron chi connectivity index (χ3n) is 2.73. The molecule has 0 unspecified atom stereocenters. The van der Waals surface area contributed by atoms with Crippen LogP contribution in [0, 0.1) is 11.3 Å². The lowest BCUT2D eigenvalue weighted by Gasteiger charge is -2.11. The summed E-state index contributed by atoms with van der Waals surface area (Å²) in [5.41, 5.74) is 4.42. The molecular formula is C12H16N2. The van der Waals surface area contributed by atoms with Gasteiger partial charge in [0.05, 0.1) is 0 Å². The van der Waals surface area contributed by atoms with Crippen molar-refractivity contribution in [3.63, 3.8) is 0 Å². The first kappa shape index (κ1) is 9.25. The molecule has 74 valence electrons. The Labute approximate surface area is 84.9 Å². The Morgan fingerprint density at radius 1 is 1.43 bits per heavy atom. The number of fused-ring (bicyclic) bond motifs is 1. The van der Waals surface area contributed by atoms with Gasteiger partial charge >= 0.3 is 0 Å². The molecule has 2 nitrogen and oxygen atoms in total. The topological polar surface area (TPSA) is 35.9 Å². The van der Waals surface area contributed by atoms with Gasteiger partial charge in [-0.2, -0.15) is 0 Å². The zero-order valence-electron chi connectivity index (χ0n) is 8.72. The first-order valence-electron chi connectivity index (χ1n) is 5.14. The molecule has 0 radical (unpaired) electrons. The molecule has 2 heteroatoms. The van der Waals surface area contributed by atoms with Crippen molar-refractivity contribution in [1.29, 1.82) is 5.41 Å². The van der Waals surface area contributed by atoms with Gasteiger partial charge in [0, 0.05) is 23.5 Å². The second-order valence-electron chi connectivity index (χ2n) is 4.08. The molecule has 2 N–H and O–H groups in total. The van der Waals surface area contributed by atoms with Crippen LogP contribution in [0.4, 0.5) is 5.69 Å². The molecule has 1 aromatic rings. The summed E-state index contributed by atoms with van der Waals surface area (Å²) < 4.78 is 0. The molecule has 0 aliphatic carbocycles. The summed E-state index contributed by atoms with van der Waals surface area (Å²) in [6.07, 6.45) is 1.06. The summed E-state index contributed by atoms with van der Waals surface area (Å²) in [6, 6.07) is 6.19. The lowest BCUT2D eigenvalue weighted by molar-refractivity contribution is 0.875. The van der Waals surface area contributed by atoms with Crippen molar-refractivity contribution in [2.45, 2.75) is 20.3 Å². The molecule has 0 saturated carbocycles. The Kier molecular flexibility index (Phi) is 2.28. The standard InChI is InChI=1S/C12H16N2/c1-8(2)12(13)10-4-3-5-11-9(10)6-7-14-11/h3-5,8,13-14H,6-7H2,1-2H3. The van der Waals surface area contributed by atoms with Gasteiger partial charge in [0.25, 0.3) is 0 Å². The minimum Gasteiger partial charge on any atom is -0.384 e. The van der Waals surface area contributed by atoms with E-state index in [9.17, 15) is 0 Å². The van der Waals surface area contributed by atoms with Crippen molar-refractivity contribution in [3.8, 4) is 0 Å². The van der Waals surface area contributed by atoms with E-state index in [4.69, 9.17) is 5.41 Å². The monoisotopic (exact) mass is 188 g/mol. The molecule has 0 spiro atoms. The fourth-order valence-corrected chi connectivity index (χ4v) is 1.91. The first-order chi connectivity index (χ1) is 6.70. The molecule has 14 heavy (non-hydrogen) atoms. The minimum absolute atomic E-state index is 0.307. The summed E-state index contributed by atoms with van der Waals surface area (Å²) in [4.78, 5) is 0. The average Bonchev–Trinajstić information content (AvgIpc) is 2.63. The van der Waals surface area contributed by atoms with Crippen molar-refractivity contribution < 1.29 is 0 Å². The zero-order valence-corrected chi connectivity index (χ0v) is 8.72. The van der Waals surface area contributed by atoms with Crippen LogP contribution in [0.1, 0.15) is 25.0 Å². The number of rotatable bonds is 2. The van der Waals surface area contributed by atoms with Crippen LogP contribution < -0.4 is 5.32 Å². The Morgan fingerprint density at radius 3 is 2.93 bits per heavy atom. The molecule has 0 aromatic heterocycles. The molecular weight excluding hydrogens is 172 g/mol. The predicted molar refractivity (Wildman–Crippen MR) is 60.3 cm³/mol. The van der Waals surface area contributed by atoms with Gasteiger partial charge in [-0.25, -0.2) is 0 Å². The van der Waals surface area contributed by atoms with Crippen LogP contribution in [0.3, 0.4) is 0 Å². The third kappa shape index (κ3) is 1.41. The highest BCUT2D eigenvalue weighted by Crippen LogP contribution is 2.26. The second kappa shape index (κ2) is 3.45. The molecule has 0 amide bonds. The third-order valence-corrected chi connectivity index (χ3v) is 2.73. The first-order valence-corrected chi connectivity index (χ1v) is 5.14. The van der Waals surface area contributed by atoms with Crippen LogP contribution in [0.15, 0.2) is 18.2 Å². The van der Waals surface area contributed by atoms with E-state index in [0.717, 1.165) is 24.2 Å². The van der Waals surface area contributed by atoms with Crippen molar-refractivity contribution in [3.05, 3.63) is 29.3 Å². The molecule has 0 fully saturated rings. The fourth-order valence-electron chi connectivity index (χ4n) is 1.91. The van der Waals surface area contributed by atoms with Gasteiger partial charge < -0.3 is 10.7 Å². The maximum Gasteiger partial charge on any atom is 0.0415 e. The van der Waals surface area contributed by atoms with Gasteiger partial charge in [0.1, 0.15) is 0 Å². The van der Waals surface area contributed by atoms with E-state index in [0.29, 0.717) is 5.92 Å². The summed E-state index contributed by atoms with van der Waals surface area (Å²) in [5.74, 6) is 0.307. The molecule has 2 rings (SSSR count). The SMILES string of the molecule is CC(C)C(=N)c1cccc2c1CCN2. The molecule has 0 saturated heterocycles. The van der Waals surface area contributed by atoms with Crippen molar-refractivity contribution in [2.24, 2.45) is 5.92 Å². The van der Waals surface area contributed by atoms with Crippen molar-refractivity contribution >= 4 is 11.4 Å². The van der Waals surface area contributed by atoms with E-state index in [1.165, 1.54) is 11.3 Å². The quantitative estimate of drug-likeness (QED) is 0.688. The second-order valence-corrected chi connectivity index (χ2v) is 4.08. The van der Waals surface area contributed by atoms with Crippen LogP contribution >= 0.6 is 0 Å². The van der Waals surface area contributed by atoms with E-state index >= 15 is 0 Å².